The third-order valence-corrected chi connectivity index (χ3v) is 6.40. The molecule has 0 spiro atoms. The van der Waals surface area contributed by atoms with E-state index in [4.69, 9.17) is 0 Å². The first-order valence-electron chi connectivity index (χ1n) is 8.77. The van der Waals surface area contributed by atoms with Crippen LogP contribution in [0.25, 0.3) is 0 Å². The van der Waals surface area contributed by atoms with Crippen LogP contribution >= 0.6 is 15.9 Å². The molecule has 0 radical (unpaired) electrons. The van der Waals surface area contributed by atoms with E-state index in [1.165, 1.54) is 6.20 Å². The normalized spacial score (nSPS) is 12.2. The van der Waals surface area contributed by atoms with Gasteiger partial charge in [-0.2, -0.15) is 0 Å². The van der Waals surface area contributed by atoms with Crippen LogP contribution in [0.2, 0.25) is 0 Å². The van der Waals surface area contributed by atoms with Crippen LogP contribution in [0.3, 0.4) is 0 Å². The fourth-order valence-corrected chi connectivity index (χ4v) is 3.74. The number of amides is 1. The molecule has 0 aliphatic heterocycles. The molecule has 0 aliphatic rings. The molecule has 1 atom stereocenters. The summed E-state index contributed by atoms with van der Waals surface area (Å²) in [6, 6.07) is 3.65. The molecule has 1 unspecified atom stereocenters. The predicted molar refractivity (Wildman–Crippen MR) is 110 cm³/mol. The lowest BCUT2D eigenvalue weighted by atomic mass is 10.1. The van der Waals surface area contributed by atoms with Gasteiger partial charge in [0, 0.05) is 30.4 Å². The molecule has 0 saturated carbocycles. The molecule has 146 valence electrons. The summed E-state index contributed by atoms with van der Waals surface area (Å²) in [5, 5.41) is 2.74. The Hall–Kier alpha value is -1.80. The number of nitrogens with one attached hydrogen (secondary N) is 1. The van der Waals surface area contributed by atoms with Crippen LogP contribution in [0, 0.1) is 6.92 Å². The van der Waals surface area contributed by atoms with Crippen molar-refractivity contribution in [1.82, 2.24) is 14.9 Å². The Labute approximate surface area is 170 Å². The summed E-state index contributed by atoms with van der Waals surface area (Å²) in [4.78, 5) is 30.0. The van der Waals surface area contributed by atoms with Gasteiger partial charge in [-0.05, 0) is 47.8 Å². The second kappa shape index (κ2) is 9.41. The molecule has 2 aromatic rings. The van der Waals surface area contributed by atoms with Crippen molar-refractivity contribution < 1.29 is 9.00 Å². The van der Waals surface area contributed by atoms with Crippen LogP contribution in [-0.2, 0) is 17.3 Å². The summed E-state index contributed by atoms with van der Waals surface area (Å²) < 4.78 is 13.8. The van der Waals surface area contributed by atoms with Gasteiger partial charge in [0.25, 0.3) is 5.91 Å². The summed E-state index contributed by atoms with van der Waals surface area (Å²) in [5.74, 6) is -0.439. The predicted octanol–water partition coefficient (Wildman–Crippen LogP) is 3.34. The second-order valence-electron chi connectivity index (χ2n) is 6.27. The Morgan fingerprint density at radius 2 is 2.00 bits per heavy atom. The molecule has 6 nitrogen and oxygen atoms in total. The van der Waals surface area contributed by atoms with Crippen LogP contribution in [0.1, 0.15) is 54.5 Å². The molecule has 0 bridgehead atoms. The highest BCUT2D eigenvalue weighted by Gasteiger charge is 2.19. The van der Waals surface area contributed by atoms with Crippen LogP contribution in [0.15, 0.2) is 38.7 Å². The SMILES string of the molecule is CCC(CC)n1cc(C(=O)NCc2ccc(S(C)=O)cn2)c(=O)c(Br)c1C. The monoisotopic (exact) mass is 453 g/mol. The van der Waals surface area contributed by atoms with E-state index < -0.39 is 16.7 Å². The molecule has 2 aromatic heterocycles. The van der Waals surface area contributed by atoms with Gasteiger partial charge < -0.3 is 9.88 Å². The standard InChI is InChI=1S/C19H24BrN3O3S/c1-5-14(6-2)23-11-16(18(24)17(20)12(23)3)19(25)22-9-13-7-8-15(10-21-13)27(4)26/h7-8,10-11,14H,5-6,9H2,1-4H3,(H,22,25). The molecule has 0 saturated heterocycles. The number of rotatable bonds is 7. The lowest BCUT2D eigenvalue weighted by Crippen LogP contribution is -2.31. The third kappa shape index (κ3) is 4.93. The highest BCUT2D eigenvalue weighted by Crippen LogP contribution is 2.22. The average molecular weight is 454 g/mol. The first-order valence-corrected chi connectivity index (χ1v) is 11.1. The van der Waals surface area contributed by atoms with E-state index in [1.807, 2.05) is 11.5 Å². The minimum absolute atomic E-state index is 0.102. The molecule has 1 amide bonds. The van der Waals surface area contributed by atoms with E-state index in [0.29, 0.717) is 15.1 Å². The Bertz CT molecular complexity index is 906. The number of carbonyl (C=O) groups excluding carboxylic acids is 1. The van der Waals surface area contributed by atoms with Crippen molar-refractivity contribution in [2.45, 2.75) is 51.1 Å². The molecule has 1 N–H and O–H groups in total. The molecule has 0 aromatic carbocycles. The first-order chi connectivity index (χ1) is 12.8. The maximum Gasteiger partial charge on any atom is 0.257 e. The molecule has 0 aliphatic carbocycles. The molecule has 0 fully saturated rings. The lowest BCUT2D eigenvalue weighted by Gasteiger charge is -2.22. The molecular formula is C19H24BrN3O3S. The molecular weight excluding hydrogens is 430 g/mol. The van der Waals surface area contributed by atoms with Crippen molar-refractivity contribution >= 4 is 32.6 Å². The summed E-state index contributed by atoms with van der Waals surface area (Å²) in [6.45, 7) is 6.22. The average Bonchev–Trinajstić information content (AvgIpc) is 2.67. The second-order valence-corrected chi connectivity index (χ2v) is 8.44. The maximum atomic E-state index is 12.6. The Morgan fingerprint density at radius 1 is 1.33 bits per heavy atom. The van der Waals surface area contributed by atoms with E-state index in [0.717, 1.165) is 18.5 Å². The van der Waals surface area contributed by atoms with E-state index in [9.17, 15) is 13.8 Å². The summed E-state index contributed by atoms with van der Waals surface area (Å²) >= 11 is 3.34. The zero-order chi connectivity index (χ0) is 20.1. The summed E-state index contributed by atoms with van der Waals surface area (Å²) in [7, 11) is -1.10. The summed E-state index contributed by atoms with van der Waals surface area (Å²) in [6.07, 6.45) is 6.57. The van der Waals surface area contributed by atoms with Gasteiger partial charge in [0.2, 0.25) is 5.43 Å². The van der Waals surface area contributed by atoms with Crippen molar-refractivity contribution in [2.75, 3.05) is 6.26 Å². The van der Waals surface area contributed by atoms with Crippen LogP contribution in [-0.4, -0.2) is 25.9 Å². The number of halogens is 1. The molecule has 8 heteroatoms. The van der Waals surface area contributed by atoms with E-state index >= 15 is 0 Å². The minimum Gasteiger partial charge on any atom is -0.347 e. The maximum absolute atomic E-state index is 12.6. The van der Waals surface area contributed by atoms with Crippen LogP contribution in [0.5, 0.6) is 0 Å². The lowest BCUT2D eigenvalue weighted by molar-refractivity contribution is 0.0948. The van der Waals surface area contributed by atoms with E-state index in [-0.39, 0.29) is 23.6 Å². The smallest absolute Gasteiger partial charge is 0.257 e. The van der Waals surface area contributed by atoms with E-state index in [2.05, 4.69) is 40.1 Å². The Kier molecular flexibility index (Phi) is 7.49. The van der Waals surface area contributed by atoms with Crippen molar-refractivity contribution in [2.24, 2.45) is 0 Å². The Morgan fingerprint density at radius 3 is 2.52 bits per heavy atom. The van der Waals surface area contributed by atoms with Gasteiger partial charge in [-0.3, -0.25) is 18.8 Å². The number of hydrogen-bond acceptors (Lipinski definition) is 4. The topological polar surface area (TPSA) is 81.1 Å². The van der Waals surface area contributed by atoms with Crippen LogP contribution in [0.4, 0.5) is 0 Å². The van der Waals surface area contributed by atoms with Gasteiger partial charge in [0.15, 0.2) is 0 Å². The van der Waals surface area contributed by atoms with Gasteiger partial charge >= 0.3 is 0 Å². The van der Waals surface area contributed by atoms with Gasteiger partial charge in [-0.1, -0.05) is 13.8 Å². The number of aromatic nitrogens is 2. The van der Waals surface area contributed by atoms with Crippen molar-refractivity contribution in [1.29, 1.82) is 0 Å². The number of nitrogens with zero attached hydrogens (tertiary/aromatic N) is 2. The molecule has 2 rings (SSSR count). The number of pyridine rings is 2. The zero-order valence-corrected chi connectivity index (χ0v) is 18.3. The van der Waals surface area contributed by atoms with Gasteiger partial charge in [0.1, 0.15) is 5.56 Å². The van der Waals surface area contributed by atoms with E-state index in [1.54, 1.807) is 24.6 Å². The summed E-state index contributed by atoms with van der Waals surface area (Å²) in [5.41, 5.74) is 1.22. The number of carbonyl (C=O) groups is 1. The first kappa shape index (κ1) is 21.5. The van der Waals surface area contributed by atoms with Gasteiger partial charge in [0.05, 0.1) is 32.4 Å². The van der Waals surface area contributed by atoms with Crippen molar-refractivity contribution in [3.63, 3.8) is 0 Å². The largest absolute Gasteiger partial charge is 0.347 e. The highest BCUT2D eigenvalue weighted by molar-refractivity contribution is 9.10. The highest BCUT2D eigenvalue weighted by atomic mass is 79.9. The third-order valence-electron chi connectivity index (χ3n) is 4.56. The number of hydrogen-bond donors (Lipinski definition) is 1. The minimum atomic E-state index is -1.10. The fourth-order valence-electron chi connectivity index (χ4n) is 2.87. The zero-order valence-electron chi connectivity index (χ0n) is 15.9. The van der Waals surface area contributed by atoms with Gasteiger partial charge in [-0.15, -0.1) is 0 Å². The van der Waals surface area contributed by atoms with Crippen molar-refractivity contribution in [3.8, 4) is 0 Å². The van der Waals surface area contributed by atoms with Crippen molar-refractivity contribution in [3.05, 3.63) is 56.2 Å². The fraction of sp³-hybridized carbons (Fsp3) is 0.421. The Balaban J connectivity index is 2.25. The molecule has 27 heavy (non-hydrogen) atoms. The quantitative estimate of drug-likeness (QED) is 0.696. The molecule has 2 heterocycles. The van der Waals surface area contributed by atoms with Gasteiger partial charge in [-0.25, -0.2) is 0 Å². The van der Waals surface area contributed by atoms with Crippen LogP contribution < -0.4 is 10.7 Å².